The van der Waals surface area contributed by atoms with E-state index in [1.165, 1.54) is 0 Å². The molecule has 4 nitrogen and oxygen atoms in total. The van der Waals surface area contributed by atoms with Crippen LogP contribution >= 0.6 is 23.2 Å². The second kappa shape index (κ2) is 8.58. The molecule has 6 heteroatoms. The Balaban J connectivity index is 0.000000891. The third-order valence-corrected chi connectivity index (χ3v) is 4.49. The normalized spacial score (nSPS) is 12.0. The first-order valence-corrected chi connectivity index (χ1v) is 7.72. The van der Waals surface area contributed by atoms with E-state index in [4.69, 9.17) is 33.4 Å². The molecule has 2 aromatic carbocycles. The monoisotopic (exact) mass is 362 g/mol. The average Bonchev–Trinajstić information content (AvgIpc) is 2.53. The Kier molecular flexibility index (Phi) is 7.09. The van der Waals surface area contributed by atoms with E-state index in [2.05, 4.69) is 4.99 Å². The number of alkyl halides is 1. The average molecular weight is 363 g/mol. The molecule has 0 fully saturated rings. The number of benzene rings is 2. The lowest BCUT2D eigenvalue weighted by Crippen LogP contribution is -2.20. The van der Waals surface area contributed by atoms with Crippen LogP contribution in [0, 0.1) is 26.2 Å². The minimum absolute atomic E-state index is 0.518. The maximum atomic E-state index is 10.9. The number of hydrogen-bond donors (Lipinski definition) is 1. The van der Waals surface area contributed by atoms with Gasteiger partial charge in [-0.15, -0.1) is 0 Å². The van der Waals surface area contributed by atoms with Crippen molar-refractivity contribution in [1.82, 2.24) is 0 Å². The van der Waals surface area contributed by atoms with Crippen LogP contribution in [0.25, 0.3) is 0 Å². The van der Waals surface area contributed by atoms with Gasteiger partial charge in [-0.25, -0.2) is 15.0 Å². The van der Waals surface area contributed by atoms with Crippen LogP contribution in [0.4, 0.5) is 0 Å². The molecular weight excluding hydrogens is 347 g/mol. The number of isocyanates is 2. The summed E-state index contributed by atoms with van der Waals surface area (Å²) < 4.78 is 0. The quantitative estimate of drug-likeness (QED) is 0.363. The van der Waals surface area contributed by atoms with Gasteiger partial charge in [0.2, 0.25) is 12.2 Å². The first-order chi connectivity index (χ1) is 11.3. The van der Waals surface area contributed by atoms with Crippen LogP contribution in [0.1, 0.15) is 27.8 Å². The predicted octanol–water partition coefficient (Wildman–Crippen LogP) is 4.94. The van der Waals surface area contributed by atoms with E-state index >= 15 is 0 Å². The molecule has 2 rings (SSSR count). The van der Waals surface area contributed by atoms with Crippen molar-refractivity contribution in [3.63, 3.8) is 0 Å². The fourth-order valence-electron chi connectivity index (χ4n) is 2.29. The molecule has 0 radical (unpaired) electrons. The van der Waals surface area contributed by atoms with Gasteiger partial charge in [-0.05, 0) is 31.9 Å². The van der Waals surface area contributed by atoms with Gasteiger partial charge in [0, 0.05) is 11.1 Å². The highest BCUT2D eigenvalue weighted by Gasteiger charge is 2.35. The first kappa shape index (κ1) is 19.8. The lowest BCUT2D eigenvalue weighted by Gasteiger charge is -2.26. The van der Waals surface area contributed by atoms with Gasteiger partial charge in [0.1, 0.15) is 0 Å². The smallest absolute Gasteiger partial charge is 0.222 e. The van der Waals surface area contributed by atoms with Gasteiger partial charge in [0.15, 0.2) is 5.00 Å². The Morgan fingerprint density at radius 3 is 2.00 bits per heavy atom. The summed E-state index contributed by atoms with van der Waals surface area (Å²) in [6.45, 7) is 5.77. The maximum absolute atomic E-state index is 10.9. The molecule has 0 saturated heterocycles. The number of aryl methyl sites for hydroxylation is 3. The molecule has 0 amide bonds. The van der Waals surface area contributed by atoms with Crippen molar-refractivity contribution in [2.75, 3.05) is 0 Å². The zero-order chi connectivity index (χ0) is 18.3. The van der Waals surface area contributed by atoms with Gasteiger partial charge in [-0.2, -0.15) is 4.99 Å². The Morgan fingerprint density at radius 2 is 1.50 bits per heavy atom. The molecule has 0 aliphatic carbocycles. The summed E-state index contributed by atoms with van der Waals surface area (Å²) >= 11 is 13.1. The van der Waals surface area contributed by atoms with Crippen molar-refractivity contribution >= 4 is 35.4 Å². The summed E-state index contributed by atoms with van der Waals surface area (Å²) in [5.41, 5.74) is 4.17. The minimum atomic E-state index is -1.36. The summed E-state index contributed by atoms with van der Waals surface area (Å²) in [4.78, 5) is 21.8. The van der Waals surface area contributed by atoms with Crippen molar-refractivity contribution in [3.05, 3.63) is 69.2 Å². The van der Waals surface area contributed by atoms with Crippen LogP contribution in [0.2, 0.25) is 5.02 Å². The van der Waals surface area contributed by atoms with Gasteiger partial charge >= 0.3 is 0 Å². The number of nitrogens with zero attached hydrogens (tertiary/aromatic N) is 1. The second-order valence-electron chi connectivity index (χ2n) is 5.18. The summed E-state index contributed by atoms with van der Waals surface area (Å²) in [6.07, 6.45) is 2.33. The lowest BCUT2D eigenvalue weighted by molar-refractivity contribution is 0.557. The predicted molar refractivity (Wildman–Crippen MR) is 95.3 cm³/mol. The zero-order valence-electron chi connectivity index (χ0n) is 13.5. The lowest BCUT2D eigenvalue weighted by atomic mass is 9.92. The van der Waals surface area contributed by atoms with Crippen molar-refractivity contribution in [1.29, 1.82) is 5.41 Å². The highest BCUT2D eigenvalue weighted by molar-refractivity contribution is 6.34. The molecule has 1 N–H and O–H groups in total. The Bertz CT molecular complexity index is 807. The van der Waals surface area contributed by atoms with E-state index in [-0.39, 0.29) is 0 Å². The third-order valence-electron chi connectivity index (χ3n) is 3.51. The van der Waals surface area contributed by atoms with E-state index in [9.17, 15) is 4.79 Å². The van der Waals surface area contributed by atoms with Crippen molar-refractivity contribution in [2.45, 2.75) is 25.8 Å². The molecule has 0 bridgehead atoms. The number of carbonyl (C=O) groups excluding carboxylic acids is 2. The van der Waals surface area contributed by atoms with Crippen LogP contribution in [0.5, 0.6) is 0 Å². The molecule has 0 heterocycles. The van der Waals surface area contributed by atoms with E-state index in [0.29, 0.717) is 16.1 Å². The van der Waals surface area contributed by atoms with Crippen molar-refractivity contribution in [3.8, 4) is 0 Å². The van der Waals surface area contributed by atoms with Gasteiger partial charge < -0.3 is 0 Å². The fourth-order valence-corrected chi connectivity index (χ4v) is 3.09. The molecular formula is C18H16Cl2N2O2. The van der Waals surface area contributed by atoms with Gasteiger partial charge in [0.05, 0.1) is 5.02 Å². The summed E-state index contributed by atoms with van der Waals surface area (Å²) in [6, 6.07) is 11.4. The Morgan fingerprint density at radius 1 is 1.00 bits per heavy atom. The van der Waals surface area contributed by atoms with Crippen molar-refractivity contribution < 1.29 is 9.59 Å². The topological polar surface area (TPSA) is 70.3 Å². The van der Waals surface area contributed by atoms with E-state index in [1.54, 1.807) is 6.08 Å². The Labute approximate surface area is 150 Å². The van der Waals surface area contributed by atoms with Crippen LogP contribution in [-0.4, -0.2) is 12.2 Å². The zero-order valence-corrected chi connectivity index (χ0v) is 15.0. The summed E-state index contributed by atoms with van der Waals surface area (Å²) in [5.74, 6) is 0. The SMILES string of the molecule is Cc1ccc(C(Cl)(N=C=O)c2c(C)ccc(C)c2Cl)cc1.N=C=O. The number of aliphatic imine (C=N–C) groups is 1. The molecule has 0 saturated carbocycles. The van der Waals surface area contributed by atoms with E-state index in [0.717, 1.165) is 22.8 Å². The molecule has 2 aromatic rings. The molecule has 0 spiro atoms. The largest absolute Gasteiger partial charge is 0.237 e. The maximum Gasteiger partial charge on any atom is 0.237 e. The number of nitrogens with one attached hydrogen (secondary N) is 1. The molecule has 0 aromatic heterocycles. The molecule has 124 valence electrons. The molecule has 0 aliphatic heterocycles. The molecule has 0 aliphatic rings. The van der Waals surface area contributed by atoms with Gasteiger partial charge in [-0.3, -0.25) is 0 Å². The first-order valence-electron chi connectivity index (χ1n) is 6.97. The molecule has 24 heavy (non-hydrogen) atoms. The van der Waals surface area contributed by atoms with Crippen molar-refractivity contribution in [2.24, 2.45) is 4.99 Å². The van der Waals surface area contributed by atoms with Gasteiger partial charge in [-0.1, -0.05) is 65.2 Å². The minimum Gasteiger partial charge on any atom is -0.222 e. The van der Waals surface area contributed by atoms with Crippen LogP contribution in [0.3, 0.4) is 0 Å². The fraction of sp³-hybridized carbons (Fsp3) is 0.222. The number of rotatable bonds is 3. The Hall–Kier alpha value is -2.22. The molecule has 1 unspecified atom stereocenters. The van der Waals surface area contributed by atoms with E-state index < -0.39 is 5.00 Å². The van der Waals surface area contributed by atoms with Crippen LogP contribution in [0.15, 0.2) is 41.4 Å². The third kappa shape index (κ3) is 4.19. The number of halogens is 2. The second-order valence-corrected chi connectivity index (χ2v) is 6.11. The molecule has 1 atom stereocenters. The number of hydrogen-bond acceptors (Lipinski definition) is 4. The highest BCUT2D eigenvalue weighted by Crippen LogP contribution is 2.44. The summed E-state index contributed by atoms with van der Waals surface area (Å²) in [7, 11) is 0. The standard InChI is InChI=1S/C17H15Cl2NO.CHNO/c1-11-4-8-14(9-5-11)17(19,20-10-21)15-12(2)6-7-13(3)16(15)18;2-1-3/h4-9H,1-3H3;2H. The van der Waals surface area contributed by atoms with Crippen LogP contribution in [-0.2, 0) is 14.6 Å². The highest BCUT2D eigenvalue weighted by atomic mass is 35.5. The van der Waals surface area contributed by atoms with Gasteiger partial charge in [0.25, 0.3) is 0 Å². The van der Waals surface area contributed by atoms with E-state index in [1.807, 2.05) is 57.2 Å². The summed E-state index contributed by atoms with van der Waals surface area (Å²) in [5, 5.41) is 5.92. The van der Waals surface area contributed by atoms with Crippen LogP contribution < -0.4 is 0 Å².